The molecule has 3 aromatic rings. The fraction of sp³-hybridized carbons (Fsp3) is 0.308. The van der Waals surface area contributed by atoms with Crippen molar-refractivity contribution in [3.05, 3.63) is 82.7 Å². The Morgan fingerprint density at radius 2 is 1.91 bits per heavy atom. The molecule has 0 saturated carbocycles. The second-order valence-electron chi connectivity index (χ2n) is 8.58. The van der Waals surface area contributed by atoms with Crippen molar-refractivity contribution >= 4 is 23.0 Å². The van der Waals surface area contributed by atoms with Gasteiger partial charge < -0.3 is 20.1 Å². The van der Waals surface area contributed by atoms with Crippen LogP contribution in [0.1, 0.15) is 51.4 Å². The number of pyridine rings is 1. The van der Waals surface area contributed by atoms with E-state index in [1.165, 1.54) is 45.9 Å². The molecule has 0 bridgehead atoms. The third-order valence-electron chi connectivity index (χ3n) is 6.64. The van der Waals surface area contributed by atoms with E-state index in [-0.39, 0.29) is 5.56 Å². The van der Waals surface area contributed by atoms with Crippen LogP contribution in [0, 0.1) is 0 Å². The molecule has 0 fully saturated rings. The predicted octanol–water partition coefficient (Wildman–Crippen LogP) is 5.11. The Hall–Kier alpha value is -3.38. The molecule has 1 atom stereocenters. The number of aryl methyl sites for hydroxylation is 1. The minimum atomic E-state index is -0.940. The minimum absolute atomic E-state index is 0.257. The van der Waals surface area contributed by atoms with Gasteiger partial charge in [0.15, 0.2) is 0 Å². The standard InChI is InChI=1S/C26H27N3O3/c1-29(21-6-5-19-15-32-16-20(19)12-21)22-7-8-23-17(11-22)3-2-4-18(23)13-28-25-14-27-10-9-24(25)26(30)31/h5-12,14,18,28H,2-4,13,15-16H2,1H3,(H,30,31). The molecule has 6 nitrogen and oxygen atoms in total. The molecule has 0 spiro atoms. The van der Waals surface area contributed by atoms with Crippen LogP contribution < -0.4 is 10.2 Å². The number of carboxylic acids is 1. The lowest BCUT2D eigenvalue weighted by atomic mass is 9.82. The Morgan fingerprint density at radius 1 is 1.12 bits per heavy atom. The normalized spacial score (nSPS) is 16.8. The van der Waals surface area contributed by atoms with Gasteiger partial charge in [0.05, 0.1) is 30.7 Å². The first-order valence-electron chi connectivity index (χ1n) is 11.1. The summed E-state index contributed by atoms with van der Waals surface area (Å²) in [4.78, 5) is 17.8. The lowest BCUT2D eigenvalue weighted by Gasteiger charge is -2.28. The van der Waals surface area contributed by atoms with Crippen molar-refractivity contribution in [3.8, 4) is 0 Å². The monoisotopic (exact) mass is 429 g/mol. The van der Waals surface area contributed by atoms with Crippen LogP contribution in [0.3, 0.4) is 0 Å². The number of rotatable bonds is 6. The van der Waals surface area contributed by atoms with Gasteiger partial charge in [0.2, 0.25) is 0 Å². The molecule has 1 aliphatic carbocycles. The quantitative estimate of drug-likeness (QED) is 0.567. The minimum Gasteiger partial charge on any atom is -0.478 e. The number of ether oxygens (including phenoxy) is 1. The summed E-state index contributed by atoms with van der Waals surface area (Å²) in [5, 5.41) is 12.7. The van der Waals surface area contributed by atoms with Crippen molar-refractivity contribution in [1.29, 1.82) is 0 Å². The molecule has 0 saturated heterocycles. The van der Waals surface area contributed by atoms with Crippen LogP contribution in [-0.2, 0) is 24.4 Å². The van der Waals surface area contributed by atoms with Gasteiger partial charge in [-0.25, -0.2) is 4.79 Å². The van der Waals surface area contributed by atoms with Gasteiger partial charge in [0.1, 0.15) is 0 Å². The molecule has 2 N–H and O–H groups in total. The molecule has 1 aliphatic heterocycles. The first-order chi connectivity index (χ1) is 15.6. The molecule has 1 unspecified atom stereocenters. The molecule has 0 amide bonds. The molecule has 164 valence electrons. The lowest BCUT2D eigenvalue weighted by Crippen LogP contribution is -2.20. The molecule has 32 heavy (non-hydrogen) atoms. The summed E-state index contributed by atoms with van der Waals surface area (Å²) in [6.07, 6.45) is 6.38. The average molecular weight is 430 g/mol. The van der Waals surface area contributed by atoms with Crippen LogP contribution >= 0.6 is 0 Å². The number of hydrogen-bond acceptors (Lipinski definition) is 5. The number of aromatic nitrogens is 1. The molecule has 2 aromatic carbocycles. The van der Waals surface area contributed by atoms with E-state index in [9.17, 15) is 9.90 Å². The summed E-state index contributed by atoms with van der Waals surface area (Å²) in [5.41, 5.74) is 8.46. The highest BCUT2D eigenvalue weighted by molar-refractivity contribution is 5.93. The molecule has 2 aliphatic rings. The summed E-state index contributed by atoms with van der Waals surface area (Å²) in [7, 11) is 2.11. The van der Waals surface area contributed by atoms with E-state index in [1.807, 2.05) is 0 Å². The maximum absolute atomic E-state index is 11.5. The maximum Gasteiger partial charge on any atom is 0.337 e. The molecule has 6 heteroatoms. The SMILES string of the molecule is CN(c1ccc2c(c1)COC2)c1ccc2c(c1)CCCC2CNc1cnccc1C(=O)O. The van der Waals surface area contributed by atoms with Crippen LogP contribution in [0.2, 0.25) is 0 Å². The number of nitrogens with zero attached hydrogens (tertiary/aromatic N) is 2. The Labute approximate surface area is 187 Å². The largest absolute Gasteiger partial charge is 0.478 e. The van der Waals surface area contributed by atoms with Crippen molar-refractivity contribution in [2.45, 2.75) is 38.4 Å². The van der Waals surface area contributed by atoms with Crippen LogP contribution in [0.5, 0.6) is 0 Å². The van der Waals surface area contributed by atoms with Gasteiger partial charge in [-0.1, -0.05) is 12.1 Å². The van der Waals surface area contributed by atoms with E-state index in [4.69, 9.17) is 4.74 Å². The first kappa shape index (κ1) is 20.5. The van der Waals surface area contributed by atoms with Crippen molar-refractivity contribution in [2.24, 2.45) is 0 Å². The highest BCUT2D eigenvalue weighted by Gasteiger charge is 2.22. The highest BCUT2D eigenvalue weighted by Crippen LogP contribution is 2.36. The van der Waals surface area contributed by atoms with Gasteiger partial charge >= 0.3 is 5.97 Å². The number of benzene rings is 2. The Morgan fingerprint density at radius 3 is 2.75 bits per heavy atom. The number of aromatic carboxylic acids is 1. The molecular formula is C26H27N3O3. The predicted molar refractivity (Wildman–Crippen MR) is 125 cm³/mol. The van der Waals surface area contributed by atoms with Gasteiger partial charge in [-0.3, -0.25) is 4.98 Å². The molecule has 0 radical (unpaired) electrons. The number of hydrogen-bond donors (Lipinski definition) is 2. The summed E-state index contributed by atoms with van der Waals surface area (Å²) in [6.45, 7) is 2.09. The van der Waals surface area contributed by atoms with Crippen LogP contribution in [0.15, 0.2) is 54.9 Å². The second-order valence-corrected chi connectivity index (χ2v) is 8.58. The van der Waals surface area contributed by atoms with Crippen molar-refractivity contribution in [3.63, 3.8) is 0 Å². The second kappa shape index (κ2) is 8.63. The fourth-order valence-electron chi connectivity index (χ4n) is 4.79. The molecular weight excluding hydrogens is 402 g/mol. The zero-order valence-corrected chi connectivity index (χ0v) is 18.2. The molecule has 5 rings (SSSR count). The summed E-state index contributed by atoms with van der Waals surface area (Å²) >= 11 is 0. The van der Waals surface area contributed by atoms with E-state index in [0.29, 0.717) is 31.4 Å². The molecule has 2 heterocycles. The fourth-order valence-corrected chi connectivity index (χ4v) is 4.79. The number of anilines is 3. The summed E-state index contributed by atoms with van der Waals surface area (Å²) < 4.78 is 5.56. The van der Waals surface area contributed by atoms with Crippen molar-refractivity contribution < 1.29 is 14.6 Å². The zero-order valence-electron chi connectivity index (χ0n) is 18.2. The Bertz CT molecular complexity index is 1160. The zero-order chi connectivity index (χ0) is 22.1. The molecule has 1 aromatic heterocycles. The number of fused-ring (bicyclic) bond motifs is 2. The lowest BCUT2D eigenvalue weighted by molar-refractivity contribution is 0.0697. The number of carboxylic acid groups (broad SMARTS) is 1. The van der Waals surface area contributed by atoms with Gasteiger partial charge in [-0.2, -0.15) is 0 Å². The van der Waals surface area contributed by atoms with Gasteiger partial charge in [-0.05, 0) is 71.8 Å². The Balaban J connectivity index is 1.34. The van der Waals surface area contributed by atoms with Crippen molar-refractivity contribution in [2.75, 3.05) is 23.8 Å². The summed E-state index contributed by atoms with van der Waals surface area (Å²) in [6, 6.07) is 14.8. The van der Waals surface area contributed by atoms with E-state index in [2.05, 4.69) is 58.6 Å². The van der Waals surface area contributed by atoms with E-state index >= 15 is 0 Å². The maximum atomic E-state index is 11.5. The van der Waals surface area contributed by atoms with E-state index in [0.717, 1.165) is 19.3 Å². The van der Waals surface area contributed by atoms with Gasteiger partial charge in [0.25, 0.3) is 0 Å². The van der Waals surface area contributed by atoms with Crippen LogP contribution in [0.25, 0.3) is 0 Å². The highest BCUT2D eigenvalue weighted by atomic mass is 16.5. The van der Waals surface area contributed by atoms with E-state index < -0.39 is 5.97 Å². The van der Waals surface area contributed by atoms with Crippen molar-refractivity contribution in [1.82, 2.24) is 4.98 Å². The van der Waals surface area contributed by atoms with Gasteiger partial charge in [-0.15, -0.1) is 0 Å². The topological polar surface area (TPSA) is 74.7 Å². The van der Waals surface area contributed by atoms with Crippen LogP contribution in [-0.4, -0.2) is 29.7 Å². The smallest absolute Gasteiger partial charge is 0.337 e. The van der Waals surface area contributed by atoms with Crippen LogP contribution in [0.4, 0.5) is 17.1 Å². The average Bonchev–Trinajstić information content (AvgIpc) is 3.30. The summed E-state index contributed by atoms with van der Waals surface area (Å²) in [5.74, 6) is -0.596. The number of nitrogens with one attached hydrogen (secondary N) is 1. The number of carbonyl (C=O) groups is 1. The third kappa shape index (κ3) is 3.94. The third-order valence-corrected chi connectivity index (χ3v) is 6.64. The first-order valence-corrected chi connectivity index (χ1v) is 11.1. The Kier molecular flexibility index (Phi) is 5.53. The van der Waals surface area contributed by atoms with Gasteiger partial charge in [0, 0.05) is 37.1 Å². The van der Waals surface area contributed by atoms with E-state index in [1.54, 1.807) is 6.20 Å².